The minimum atomic E-state index is 0.783. The number of aromatic nitrogens is 1. The molecule has 0 radical (unpaired) electrons. The summed E-state index contributed by atoms with van der Waals surface area (Å²) in [6, 6.07) is 16.0. The molecule has 1 aromatic heterocycles. The zero-order chi connectivity index (χ0) is 13.2. The van der Waals surface area contributed by atoms with Gasteiger partial charge in [0.2, 0.25) is 0 Å². The third-order valence-corrected chi connectivity index (χ3v) is 3.13. The summed E-state index contributed by atoms with van der Waals surface area (Å²) in [5.41, 5.74) is 10.8. The van der Waals surface area contributed by atoms with Crippen LogP contribution in [0.4, 0.5) is 17.1 Å². The predicted octanol–water partition coefficient (Wildman–Crippen LogP) is 3.87. The number of nitrogens with one attached hydrogen (secondary N) is 1. The van der Waals surface area contributed by atoms with Crippen molar-refractivity contribution in [3.8, 4) is 0 Å². The Balaban J connectivity index is 1.96. The largest absolute Gasteiger partial charge is 0.399 e. The molecular formula is C16H15N3. The van der Waals surface area contributed by atoms with E-state index in [1.165, 1.54) is 0 Å². The Morgan fingerprint density at radius 1 is 1.05 bits per heavy atom. The van der Waals surface area contributed by atoms with Crippen molar-refractivity contribution < 1.29 is 0 Å². The lowest BCUT2D eigenvalue weighted by atomic mass is 10.1. The highest BCUT2D eigenvalue weighted by Crippen LogP contribution is 2.24. The van der Waals surface area contributed by atoms with Gasteiger partial charge in [0, 0.05) is 28.6 Å². The lowest BCUT2D eigenvalue weighted by molar-refractivity contribution is 1.40. The molecule has 0 saturated heterocycles. The normalized spacial score (nSPS) is 10.6. The molecule has 3 N–H and O–H groups in total. The van der Waals surface area contributed by atoms with Gasteiger partial charge in [0.1, 0.15) is 0 Å². The maximum atomic E-state index is 5.76. The molecule has 0 amide bonds. The Kier molecular flexibility index (Phi) is 2.80. The van der Waals surface area contributed by atoms with Crippen molar-refractivity contribution in [2.75, 3.05) is 11.1 Å². The summed E-state index contributed by atoms with van der Waals surface area (Å²) in [4.78, 5) is 4.31. The molecule has 0 fully saturated rings. The van der Waals surface area contributed by atoms with Crippen molar-refractivity contribution in [1.29, 1.82) is 0 Å². The highest BCUT2D eigenvalue weighted by molar-refractivity contribution is 5.83. The van der Waals surface area contributed by atoms with Crippen LogP contribution in [0.2, 0.25) is 0 Å². The first kappa shape index (κ1) is 11.5. The summed E-state index contributed by atoms with van der Waals surface area (Å²) >= 11 is 0. The second-order valence-electron chi connectivity index (χ2n) is 4.61. The van der Waals surface area contributed by atoms with Crippen LogP contribution in [0.3, 0.4) is 0 Å². The lowest BCUT2D eigenvalue weighted by Gasteiger charge is -2.10. The summed E-state index contributed by atoms with van der Waals surface area (Å²) in [5, 5.41) is 4.53. The summed E-state index contributed by atoms with van der Waals surface area (Å²) < 4.78 is 0. The predicted molar refractivity (Wildman–Crippen MR) is 80.6 cm³/mol. The first-order chi connectivity index (χ1) is 9.22. The molecule has 19 heavy (non-hydrogen) atoms. The molecule has 0 atom stereocenters. The van der Waals surface area contributed by atoms with Crippen LogP contribution >= 0.6 is 0 Å². The number of fused-ring (bicyclic) bond motifs is 1. The van der Waals surface area contributed by atoms with Gasteiger partial charge in [-0.2, -0.15) is 0 Å². The van der Waals surface area contributed by atoms with Gasteiger partial charge in [-0.05, 0) is 55.0 Å². The zero-order valence-electron chi connectivity index (χ0n) is 10.7. The fourth-order valence-electron chi connectivity index (χ4n) is 2.14. The summed E-state index contributed by atoms with van der Waals surface area (Å²) in [7, 11) is 0. The third kappa shape index (κ3) is 2.36. The molecule has 2 aromatic carbocycles. The molecule has 0 aliphatic heterocycles. The molecule has 0 unspecified atom stereocenters. The van der Waals surface area contributed by atoms with Crippen molar-refractivity contribution in [2.24, 2.45) is 0 Å². The fourth-order valence-corrected chi connectivity index (χ4v) is 2.14. The van der Waals surface area contributed by atoms with Crippen LogP contribution in [0.1, 0.15) is 5.56 Å². The smallest absolute Gasteiger partial charge is 0.0703 e. The van der Waals surface area contributed by atoms with Gasteiger partial charge in [0.25, 0.3) is 0 Å². The van der Waals surface area contributed by atoms with E-state index in [0.29, 0.717) is 0 Å². The average Bonchev–Trinajstić information content (AvgIpc) is 2.42. The molecule has 0 saturated carbocycles. The molecule has 94 valence electrons. The van der Waals surface area contributed by atoms with Gasteiger partial charge < -0.3 is 11.1 Å². The Labute approximate surface area is 112 Å². The Morgan fingerprint density at radius 3 is 2.79 bits per heavy atom. The molecule has 0 bridgehead atoms. The van der Waals surface area contributed by atoms with Gasteiger partial charge in [-0.1, -0.05) is 6.07 Å². The van der Waals surface area contributed by atoms with E-state index < -0.39 is 0 Å². The number of nitrogens with zero attached hydrogens (tertiary/aromatic N) is 1. The van der Waals surface area contributed by atoms with Crippen LogP contribution in [0.15, 0.2) is 54.7 Å². The summed E-state index contributed by atoms with van der Waals surface area (Å²) in [6.45, 7) is 2.04. The Morgan fingerprint density at radius 2 is 1.95 bits per heavy atom. The maximum Gasteiger partial charge on any atom is 0.0703 e. The topological polar surface area (TPSA) is 50.9 Å². The van der Waals surface area contributed by atoms with Crippen molar-refractivity contribution in [1.82, 2.24) is 4.98 Å². The number of nitrogen functional groups attached to an aromatic ring is 1. The van der Waals surface area contributed by atoms with E-state index in [0.717, 1.165) is 33.5 Å². The average molecular weight is 249 g/mol. The van der Waals surface area contributed by atoms with Crippen molar-refractivity contribution in [2.45, 2.75) is 6.92 Å². The molecule has 3 rings (SSSR count). The van der Waals surface area contributed by atoms with Crippen LogP contribution in [0, 0.1) is 6.92 Å². The van der Waals surface area contributed by atoms with E-state index in [1.54, 1.807) is 6.20 Å². The van der Waals surface area contributed by atoms with Gasteiger partial charge in [-0.3, -0.25) is 4.98 Å². The Hall–Kier alpha value is -2.55. The first-order valence-electron chi connectivity index (χ1n) is 6.20. The zero-order valence-corrected chi connectivity index (χ0v) is 10.7. The van der Waals surface area contributed by atoms with Crippen LogP contribution in [-0.2, 0) is 0 Å². The van der Waals surface area contributed by atoms with Crippen molar-refractivity contribution in [3.63, 3.8) is 0 Å². The third-order valence-electron chi connectivity index (χ3n) is 3.13. The van der Waals surface area contributed by atoms with Crippen LogP contribution < -0.4 is 11.1 Å². The highest BCUT2D eigenvalue weighted by atomic mass is 14.9. The van der Waals surface area contributed by atoms with Gasteiger partial charge in [0.15, 0.2) is 0 Å². The van der Waals surface area contributed by atoms with Gasteiger partial charge in [0.05, 0.1) is 5.52 Å². The monoisotopic (exact) mass is 249 g/mol. The number of hydrogen-bond acceptors (Lipinski definition) is 3. The van der Waals surface area contributed by atoms with Crippen LogP contribution in [0.5, 0.6) is 0 Å². The van der Waals surface area contributed by atoms with Gasteiger partial charge in [-0.25, -0.2) is 0 Å². The number of pyridine rings is 1. The summed E-state index contributed by atoms with van der Waals surface area (Å²) in [6.07, 6.45) is 1.81. The second-order valence-corrected chi connectivity index (χ2v) is 4.61. The minimum Gasteiger partial charge on any atom is -0.399 e. The van der Waals surface area contributed by atoms with E-state index in [1.807, 2.05) is 43.3 Å². The van der Waals surface area contributed by atoms with Gasteiger partial charge >= 0.3 is 0 Å². The van der Waals surface area contributed by atoms with E-state index in [4.69, 9.17) is 5.73 Å². The number of aryl methyl sites for hydroxylation is 1. The number of nitrogens with two attached hydrogens (primary N) is 1. The van der Waals surface area contributed by atoms with E-state index in [-0.39, 0.29) is 0 Å². The minimum absolute atomic E-state index is 0.783. The van der Waals surface area contributed by atoms with E-state index >= 15 is 0 Å². The quantitative estimate of drug-likeness (QED) is 0.678. The molecule has 0 aliphatic rings. The van der Waals surface area contributed by atoms with Crippen LogP contribution in [0.25, 0.3) is 10.9 Å². The standard InChI is InChI=1S/C16H15N3/c1-11-9-13(17)4-6-15(11)19-14-5-7-16-12(10-14)3-2-8-18-16/h2-10,19H,17H2,1H3. The highest BCUT2D eigenvalue weighted by Gasteiger charge is 2.01. The number of benzene rings is 2. The van der Waals surface area contributed by atoms with E-state index in [9.17, 15) is 0 Å². The van der Waals surface area contributed by atoms with Crippen LogP contribution in [-0.4, -0.2) is 4.98 Å². The number of hydrogen-bond donors (Lipinski definition) is 2. The molecule has 3 heteroatoms. The van der Waals surface area contributed by atoms with Gasteiger partial charge in [-0.15, -0.1) is 0 Å². The van der Waals surface area contributed by atoms with E-state index in [2.05, 4.69) is 22.4 Å². The second kappa shape index (κ2) is 4.61. The molecule has 3 nitrogen and oxygen atoms in total. The molecule has 3 aromatic rings. The molecule has 0 aliphatic carbocycles. The Bertz CT molecular complexity index is 735. The lowest BCUT2D eigenvalue weighted by Crippen LogP contribution is -1.95. The first-order valence-corrected chi connectivity index (χ1v) is 6.20. The maximum absolute atomic E-state index is 5.76. The van der Waals surface area contributed by atoms with Crippen molar-refractivity contribution in [3.05, 3.63) is 60.3 Å². The number of anilines is 3. The summed E-state index contributed by atoms with van der Waals surface area (Å²) in [5.74, 6) is 0. The SMILES string of the molecule is Cc1cc(N)ccc1Nc1ccc2ncccc2c1. The fraction of sp³-hybridized carbons (Fsp3) is 0.0625. The molecule has 1 heterocycles. The molecule has 0 spiro atoms. The molecular weight excluding hydrogens is 234 g/mol. The van der Waals surface area contributed by atoms with Crippen molar-refractivity contribution >= 4 is 28.0 Å². The number of rotatable bonds is 2.